The second kappa shape index (κ2) is 48.0. The van der Waals surface area contributed by atoms with E-state index >= 15 is 0 Å². The maximum Gasteiger partial charge on any atom is 0.319 e. The first-order valence-corrected chi connectivity index (χ1v) is 56.5. The summed E-state index contributed by atoms with van der Waals surface area (Å²) in [7, 11) is 0. The van der Waals surface area contributed by atoms with Crippen LogP contribution in [0.5, 0.6) is 0 Å². The molecule has 2 aliphatic carbocycles. The van der Waals surface area contributed by atoms with Crippen LogP contribution in [0.3, 0.4) is 0 Å². The van der Waals surface area contributed by atoms with Gasteiger partial charge in [0.1, 0.15) is 38.5 Å². The number of Topliss-reactive ketones (excluding diaryl/α,β-unsaturated/α-hetero) is 3. The van der Waals surface area contributed by atoms with Crippen molar-refractivity contribution in [2.24, 2.45) is 35.5 Å². The summed E-state index contributed by atoms with van der Waals surface area (Å²) in [5, 5.41) is 104. The Morgan fingerprint density at radius 3 is 0.860 bits per heavy atom. The van der Waals surface area contributed by atoms with Crippen molar-refractivity contribution < 1.29 is 63.9 Å². The third-order valence-corrected chi connectivity index (χ3v) is 34.7. The van der Waals surface area contributed by atoms with Crippen molar-refractivity contribution in [3.63, 3.8) is 0 Å². The summed E-state index contributed by atoms with van der Waals surface area (Å²) in [5.74, 6) is -3.86. The van der Waals surface area contributed by atoms with Crippen molar-refractivity contribution in [2.75, 3.05) is 0 Å². The van der Waals surface area contributed by atoms with Crippen molar-refractivity contribution >= 4 is 208 Å². The molecule has 150 heavy (non-hydrogen) atoms. The average Bonchev–Trinajstić information content (AvgIpc) is 1.55. The zero-order valence-electron chi connectivity index (χ0n) is 88.9. The fourth-order valence-corrected chi connectivity index (χ4v) is 24.4. The van der Waals surface area contributed by atoms with Gasteiger partial charge in [0.15, 0.2) is 25.8 Å². The molecule has 0 aliphatic heterocycles. The third-order valence-electron chi connectivity index (χ3n) is 27.3. The highest BCUT2D eigenvalue weighted by Gasteiger charge is 2.42. The summed E-state index contributed by atoms with van der Waals surface area (Å²) in [4.78, 5) is 97.3. The third kappa shape index (κ3) is 26.4. The summed E-state index contributed by atoms with van der Waals surface area (Å²) >= 11 is 16.8. The molecule has 5 heterocycles. The molecule has 2 fully saturated rings. The molecule has 0 saturated heterocycles. The Labute approximate surface area is 921 Å². The zero-order chi connectivity index (χ0) is 110. The van der Waals surface area contributed by atoms with Crippen LogP contribution in [0.1, 0.15) is 252 Å². The molecule has 10 aromatic carbocycles. The maximum absolute atomic E-state index is 13.1. The molecule has 15 aromatic rings. The molecule has 0 radical (unpaired) electrons. The monoisotopic (exact) mass is 2310 g/mol. The lowest BCUT2D eigenvalue weighted by Crippen LogP contribution is -2.33. The van der Waals surface area contributed by atoms with Gasteiger partial charge < -0.3 is 25.5 Å². The molecule has 3 unspecified atom stereocenters. The van der Waals surface area contributed by atoms with Gasteiger partial charge in [0.2, 0.25) is 14.2 Å². The van der Waals surface area contributed by atoms with Crippen molar-refractivity contribution in [3.05, 3.63) is 235 Å². The van der Waals surface area contributed by atoms with Crippen LogP contribution < -0.4 is 0 Å². The van der Waals surface area contributed by atoms with Crippen LogP contribution in [-0.2, 0) is 38.4 Å². The second-order valence-electron chi connectivity index (χ2n) is 42.3. The lowest BCUT2D eigenvalue weighted by molar-refractivity contribution is -0.146. The van der Waals surface area contributed by atoms with E-state index in [2.05, 4.69) is 268 Å². The maximum atomic E-state index is 13.1. The first kappa shape index (κ1) is 116. The van der Waals surface area contributed by atoms with E-state index in [1.165, 1.54) is 134 Å². The molecular weight excluding hydrogens is 2190 g/mol. The van der Waals surface area contributed by atoms with Gasteiger partial charge in [0, 0.05) is 46.2 Å². The second-order valence-corrected chi connectivity index (χ2v) is 52.4. The molecule has 790 valence electrons. The van der Waals surface area contributed by atoms with Gasteiger partial charge in [-0.3, -0.25) is 61.2 Å². The highest BCUT2D eigenvalue weighted by molar-refractivity contribution is 9.11. The molecule has 2 aliphatic rings. The summed E-state index contributed by atoms with van der Waals surface area (Å²) in [6.45, 7) is 45.2. The van der Waals surface area contributed by atoms with Crippen LogP contribution >= 0.6 is 107 Å². The number of fused-ring (bicyclic) bond motifs is 5. The van der Waals surface area contributed by atoms with Crippen LogP contribution in [0.25, 0.3) is 82.3 Å². The van der Waals surface area contributed by atoms with Crippen molar-refractivity contribution in [2.45, 2.75) is 284 Å². The molecule has 3 atom stereocenters. The predicted molar refractivity (Wildman–Crippen MR) is 610 cm³/mol. The van der Waals surface area contributed by atoms with E-state index in [-0.39, 0.29) is 54.4 Å². The van der Waals surface area contributed by atoms with E-state index in [0.717, 1.165) is 78.0 Å². The van der Waals surface area contributed by atoms with Gasteiger partial charge in [-0.1, -0.05) is 273 Å². The van der Waals surface area contributed by atoms with E-state index in [9.17, 15) is 63.9 Å². The normalized spacial score (nSPS) is 13.7. The number of benzene rings is 10. The fraction of sp³-hybridized carbons (Fsp3) is 0.404. The Bertz CT molecular complexity index is 7190. The summed E-state index contributed by atoms with van der Waals surface area (Å²) in [6, 6.07) is 60.7. The van der Waals surface area contributed by atoms with Crippen LogP contribution in [0.4, 0.5) is 0 Å². The lowest BCUT2D eigenvalue weighted by Gasteiger charge is -2.25. The Morgan fingerprint density at radius 1 is 0.307 bits per heavy atom. The number of aliphatic carboxylic acids is 5. The Kier molecular flexibility index (Phi) is 37.0. The van der Waals surface area contributed by atoms with Gasteiger partial charge >= 0.3 is 29.8 Å². The molecular formula is C114H130Br3N15O13S5. The van der Waals surface area contributed by atoms with Crippen molar-refractivity contribution in [1.82, 2.24) is 73.8 Å². The average molecular weight is 2320 g/mol. The minimum atomic E-state index is -1.02. The van der Waals surface area contributed by atoms with Crippen LogP contribution in [0.2, 0.25) is 0 Å². The number of thioether (sulfide) groups is 5. The number of hydrogen-bond donors (Lipinski definition) is 5. The largest absolute Gasteiger partial charge is 0.481 e. The number of rotatable bonds is 36. The fourth-order valence-electron chi connectivity index (χ4n) is 17.8. The number of hydrogen-bond acceptors (Lipinski definition) is 23. The number of aromatic nitrogens is 15. The number of carboxylic acids is 5. The van der Waals surface area contributed by atoms with E-state index in [1.807, 2.05) is 168 Å². The zero-order valence-corrected chi connectivity index (χ0v) is 97.7. The molecule has 0 bridgehead atoms. The van der Waals surface area contributed by atoms with Gasteiger partial charge in [-0.05, 0) is 303 Å². The Hall–Kier alpha value is -11.3. The van der Waals surface area contributed by atoms with Gasteiger partial charge in [0.05, 0.1) is 60.4 Å². The number of carbonyl (C=O) groups excluding carboxylic acids is 3. The first-order chi connectivity index (χ1) is 70.6. The van der Waals surface area contributed by atoms with E-state index < -0.39 is 71.3 Å². The Morgan fingerprint density at radius 2 is 0.567 bits per heavy atom. The number of carbonyl (C=O) groups is 8. The molecule has 5 N–H and O–H groups in total. The van der Waals surface area contributed by atoms with Crippen LogP contribution in [0, 0.1) is 63.2 Å². The highest BCUT2D eigenvalue weighted by atomic mass is 79.9. The predicted octanol–water partition coefficient (Wildman–Crippen LogP) is 28.1. The first-order valence-electron chi connectivity index (χ1n) is 50.0. The summed E-state index contributed by atoms with van der Waals surface area (Å²) < 4.78 is 6.70. The number of aryl methyl sites for hydroxylation is 4. The van der Waals surface area contributed by atoms with E-state index in [0.29, 0.717) is 63.7 Å². The smallest absolute Gasteiger partial charge is 0.319 e. The van der Waals surface area contributed by atoms with Crippen LogP contribution in [-0.4, -0.2) is 170 Å². The minimum absolute atomic E-state index is 0.000858. The number of ketones is 3. The summed E-state index contributed by atoms with van der Waals surface area (Å²) in [6.07, 6.45) is 4.91. The van der Waals surface area contributed by atoms with E-state index in [1.54, 1.807) is 27.7 Å². The molecule has 5 aromatic heterocycles. The molecule has 0 spiro atoms. The van der Waals surface area contributed by atoms with Gasteiger partial charge in [-0.15, -0.1) is 51.0 Å². The molecule has 17 rings (SSSR count). The van der Waals surface area contributed by atoms with Gasteiger partial charge in [-0.2, -0.15) is 0 Å². The Balaban J connectivity index is 0.000000157. The number of nitrogens with zero attached hydrogens (tertiary/aromatic N) is 15. The SMILES string of the molecule is CC(C)C(CC(=O)C(C)(C)Sc1nnc(Br)n1-c1ccc(C2CC2)c2ccccc12)C(=O)O.CC(C)c1ccc(-n2c(Br)nnc2SC(C)(C)C(=O)O)c2ccccc12.Cc1ccc2c(C)ccc(-n3c(Br)nnc3SC(C)(C)C(=O)O)c2c1.Cc1nnc(SC(C)(C)C(=O)CC(C(=O)O)C(C)C)n1-c1ccc(C(C)C)c2ccccc12.Cc1nnc(SC(C)(C)C(=O)CC(C(=O)O)C(C)C)n1-c1ccc(C2CC2)c2ccccc12. The van der Waals surface area contributed by atoms with Crippen molar-refractivity contribution in [1.29, 1.82) is 0 Å². The van der Waals surface area contributed by atoms with Gasteiger partial charge in [0.25, 0.3) is 0 Å². The van der Waals surface area contributed by atoms with Crippen molar-refractivity contribution in [3.8, 4) is 28.4 Å². The standard InChI is InChI=1S/C26H31N3O3S.C26H33N3O3S.C25H28BrN3O3S.C19H20BrN3O2S.C18H18BrN3O2S/c1-15(2)21(24(31)32)14-23(30)26(4,5)33-25-28-27-16(3)29(25)22-13-12-18(17-10-11-17)19-8-6-7-9-20(19)22;1-15(2)18-12-13-22(20-11-9-8-10-19(18)20)29-17(5)27-28-25(29)33-26(6,7)23(30)14-21(16(3)4)24(31)32;1-14(2)19(22(31)32)13-21(30)25(3,4)33-24-28-27-23(26)29(24)20-12-11-16(15-9-10-15)17-7-5-6-8-18(17)20;1-11(2)12-9-10-15(14-8-6-5-7-13(12)14)23-17(20)21-22-18(23)26-19(3,4)16(24)25;1-10-5-7-12-11(2)6-8-14(13(12)9-10)22-16(19)20-21-17(22)25-18(3,4)15(23)24/h6-9,12-13,15,17,21H,10-11,14H2,1-5H3,(H,31,32);8-13,15-16,21H,14H2,1-7H3,(H,31,32);5-8,11-12,14-15,19H,9-10,13H2,1-4H3,(H,31,32);5-11H,1-4H3,(H,24,25);5-9H,1-4H3,(H,23,24). The number of carboxylic acid groups (broad SMARTS) is 5. The topological polar surface area (TPSA) is 391 Å². The summed E-state index contributed by atoms with van der Waals surface area (Å²) in [5.41, 5.74) is 12.4. The minimum Gasteiger partial charge on any atom is -0.481 e. The lowest BCUT2D eigenvalue weighted by atomic mass is 9.88. The molecule has 36 heteroatoms. The quantitative estimate of drug-likeness (QED) is 0.0228. The molecule has 2 saturated carbocycles. The highest BCUT2D eigenvalue weighted by Crippen LogP contribution is 2.50. The molecule has 0 amide bonds. The number of halogens is 3. The van der Waals surface area contributed by atoms with Gasteiger partial charge in [-0.25, -0.2) is 0 Å². The van der Waals surface area contributed by atoms with Crippen LogP contribution in [0.15, 0.2) is 216 Å². The molecule has 28 nitrogen and oxygen atoms in total. The van der Waals surface area contributed by atoms with E-state index in [4.69, 9.17) is 0 Å².